The van der Waals surface area contributed by atoms with Gasteiger partial charge in [-0.1, -0.05) is 27.7 Å². The fraction of sp³-hybridized carbons (Fsp3) is 0.818. The Balaban J connectivity index is 2.68. The van der Waals surface area contributed by atoms with Crippen LogP contribution in [0.25, 0.3) is 0 Å². The van der Waals surface area contributed by atoms with Crippen molar-refractivity contribution in [1.29, 1.82) is 0 Å². The van der Waals surface area contributed by atoms with Crippen molar-refractivity contribution in [3.8, 4) is 0 Å². The van der Waals surface area contributed by atoms with Crippen LogP contribution >= 0.6 is 0 Å². The Kier molecular flexibility index (Phi) is 3.85. The van der Waals surface area contributed by atoms with Crippen molar-refractivity contribution in [2.75, 3.05) is 0 Å². The zero-order valence-corrected chi connectivity index (χ0v) is 10.2. The minimum atomic E-state index is 0.114. The second kappa shape index (κ2) is 4.75. The third-order valence-corrected chi connectivity index (χ3v) is 2.68. The van der Waals surface area contributed by atoms with Crippen molar-refractivity contribution in [2.45, 2.75) is 53.1 Å². The van der Waals surface area contributed by atoms with E-state index in [4.69, 9.17) is 5.73 Å². The lowest BCUT2D eigenvalue weighted by Gasteiger charge is -2.26. The first kappa shape index (κ1) is 12.2. The summed E-state index contributed by atoms with van der Waals surface area (Å²) in [6.07, 6.45) is 3.67. The van der Waals surface area contributed by atoms with E-state index in [1.807, 2.05) is 0 Å². The average Bonchev–Trinajstić information content (AvgIpc) is 2.52. The zero-order valence-electron chi connectivity index (χ0n) is 10.2. The molecule has 1 aromatic rings. The van der Waals surface area contributed by atoms with E-state index in [1.54, 1.807) is 6.33 Å². The molecule has 0 aliphatic carbocycles. The molecule has 4 nitrogen and oxygen atoms in total. The normalized spacial score (nSPS) is 14.2. The Labute approximate surface area is 91.9 Å². The Hall–Kier alpha value is -0.900. The number of rotatable bonds is 4. The van der Waals surface area contributed by atoms with E-state index in [2.05, 4.69) is 42.5 Å². The van der Waals surface area contributed by atoms with Gasteiger partial charge in [0.05, 0.1) is 0 Å². The standard InChI is InChI=1S/C11H22N4/c1-5-6-15-8-13-14-10(15)7-9(12)11(2,3)4/h8-9H,5-7,12H2,1-4H3. The van der Waals surface area contributed by atoms with Gasteiger partial charge < -0.3 is 10.3 Å². The molecule has 1 unspecified atom stereocenters. The molecule has 0 fully saturated rings. The minimum absolute atomic E-state index is 0.114. The highest BCUT2D eigenvalue weighted by Gasteiger charge is 2.22. The van der Waals surface area contributed by atoms with Crippen molar-refractivity contribution in [1.82, 2.24) is 14.8 Å². The maximum absolute atomic E-state index is 6.13. The van der Waals surface area contributed by atoms with Crippen molar-refractivity contribution in [3.05, 3.63) is 12.2 Å². The van der Waals surface area contributed by atoms with Gasteiger partial charge in [0.2, 0.25) is 0 Å². The van der Waals surface area contributed by atoms with Crippen LogP contribution in [0.4, 0.5) is 0 Å². The lowest BCUT2D eigenvalue weighted by molar-refractivity contribution is 0.312. The van der Waals surface area contributed by atoms with Crippen molar-refractivity contribution in [3.63, 3.8) is 0 Å². The highest BCUT2D eigenvalue weighted by atomic mass is 15.3. The summed E-state index contributed by atoms with van der Waals surface area (Å²) in [5.74, 6) is 0.999. The van der Waals surface area contributed by atoms with Crippen LogP contribution in [0, 0.1) is 5.41 Å². The van der Waals surface area contributed by atoms with E-state index in [0.717, 1.165) is 25.2 Å². The van der Waals surface area contributed by atoms with Crippen LogP contribution in [0.2, 0.25) is 0 Å². The Morgan fingerprint density at radius 1 is 1.47 bits per heavy atom. The number of aromatic nitrogens is 3. The molecule has 1 heterocycles. The molecule has 86 valence electrons. The third kappa shape index (κ3) is 3.30. The summed E-state index contributed by atoms with van der Waals surface area (Å²) in [6.45, 7) is 9.57. The maximum atomic E-state index is 6.13. The molecular weight excluding hydrogens is 188 g/mol. The van der Waals surface area contributed by atoms with E-state index >= 15 is 0 Å². The lowest BCUT2D eigenvalue weighted by atomic mass is 9.85. The second-order valence-electron chi connectivity index (χ2n) is 5.12. The van der Waals surface area contributed by atoms with Gasteiger partial charge in [0, 0.05) is 19.0 Å². The van der Waals surface area contributed by atoms with Gasteiger partial charge in [-0.3, -0.25) is 0 Å². The summed E-state index contributed by atoms with van der Waals surface area (Å²) in [5.41, 5.74) is 6.24. The molecule has 0 amide bonds. The molecular formula is C11H22N4. The van der Waals surface area contributed by atoms with Crippen LogP contribution in [-0.4, -0.2) is 20.8 Å². The number of aryl methyl sites for hydroxylation is 1. The third-order valence-electron chi connectivity index (χ3n) is 2.68. The molecule has 2 N–H and O–H groups in total. The van der Waals surface area contributed by atoms with Gasteiger partial charge in [-0.15, -0.1) is 10.2 Å². The fourth-order valence-electron chi connectivity index (χ4n) is 1.37. The topological polar surface area (TPSA) is 56.7 Å². The largest absolute Gasteiger partial charge is 0.327 e. The SMILES string of the molecule is CCCn1cnnc1CC(N)C(C)(C)C. The molecule has 0 saturated heterocycles. The quantitative estimate of drug-likeness (QED) is 0.821. The van der Waals surface area contributed by atoms with Gasteiger partial charge in [-0.2, -0.15) is 0 Å². The molecule has 4 heteroatoms. The van der Waals surface area contributed by atoms with E-state index in [9.17, 15) is 0 Å². The van der Waals surface area contributed by atoms with E-state index in [0.29, 0.717) is 0 Å². The molecule has 0 saturated carbocycles. The fourth-order valence-corrected chi connectivity index (χ4v) is 1.37. The number of hydrogen-bond acceptors (Lipinski definition) is 3. The number of hydrogen-bond donors (Lipinski definition) is 1. The number of nitrogens with zero attached hydrogens (tertiary/aromatic N) is 3. The summed E-state index contributed by atoms with van der Waals surface area (Å²) in [4.78, 5) is 0. The summed E-state index contributed by atoms with van der Waals surface area (Å²) < 4.78 is 2.09. The average molecular weight is 210 g/mol. The van der Waals surface area contributed by atoms with Crippen molar-refractivity contribution >= 4 is 0 Å². The Bertz CT molecular complexity index is 298. The molecule has 0 aliphatic rings. The molecule has 15 heavy (non-hydrogen) atoms. The van der Waals surface area contributed by atoms with E-state index < -0.39 is 0 Å². The summed E-state index contributed by atoms with van der Waals surface area (Å²) in [5, 5.41) is 8.05. The van der Waals surface area contributed by atoms with Gasteiger partial charge in [-0.25, -0.2) is 0 Å². The molecule has 0 aromatic carbocycles. The summed E-state index contributed by atoms with van der Waals surface area (Å²) >= 11 is 0. The maximum Gasteiger partial charge on any atom is 0.134 e. The smallest absolute Gasteiger partial charge is 0.134 e. The van der Waals surface area contributed by atoms with Crippen molar-refractivity contribution in [2.24, 2.45) is 11.1 Å². The van der Waals surface area contributed by atoms with Crippen LogP contribution < -0.4 is 5.73 Å². The van der Waals surface area contributed by atoms with Crippen LogP contribution in [-0.2, 0) is 13.0 Å². The molecule has 0 bridgehead atoms. The molecule has 0 aliphatic heterocycles. The van der Waals surface area contributed by atoms with Gasteiger partial charge >= 0.3 is 0 Å². The zero-order chi connectivity index (χ0) is 11.5. The van der Waals surface area contributed by atoms with Crippen LogP contribution in [0.5, 0.6) is 0 Å². The monoisotopic (exact) mass is 210 g/mol. The first-order chi connectivity index (χ1) is 6.95. The van der Waals surface area contributed by atoms with E-state index in [1.165, 1.54) is 0 Å². The van der Waals surface area contributed by atoms with Crippen LogP contribution in [0.15, 0.2) is 6.33 Å². The van der Waals surface area contributed by atoms with Gasteiger partial charge in [0.1, 0.15) is 12.2 Å². The summed E-state index contributed by atoms with van der Waals surface area (Å²) in [7, 11) is 0. The van der Waals surface area contributed by atoms with E-state index in [-0.39, 0.29) is 11.5 Å². The molecule has 1 rings (SSSR count). The lowest BCUT2D eigenvalue weighted by Crippen LogP contribution is -2.37. The molecule has 1 atom stereocenters. The first-order valence-corrected chi connectivity index (χ1v) is 5.57. The molecule has 1 aromatic heterocycles. The first-order valence-electron chi connectivity index (χ1n) is 5.57. The van der Waals surface area contributed by atoms with Gasteiger partial charge in [0.25, 0.3) is 0 Å². The van der Waals surface area contributed by atoms with Crippen LogP contribution in [0.3, 0.4) is 0 Å². The molecule has 0 spiro atoms. The Morgan fingerprint density at radius 2 is 2.13 bits per heavy atom. The second-order valence-corrected chi connectivity index (χ2v) is 5.12. The van der Waals surface area contributed by atoms with Crippen LogP contribution in [0.1, 0.15) is 39.9 Å². The highest BCUT2D eigenvalue weighted by molar-refractivity contribution is 4.93. The van der Waals surface area contributed by atoms with Gasteiger partial charge in [0.15, 0.2) is 0 Å². The highest BCUT2D eigenvalue weighted by Crippen LogP contribution is 2.19. The van der Waals surface area contributed by atoms with Gasteiger partial charge in [-0.05, 0) is 11.8 Å². The number of nitrogens with two attached hydrogens (primary N) is 1. The summed E-state index contributed by atoms with van der Waals surface area (Å²) in [6, 6.07) is 0.123. The predicted octanol–water partition coefficient (Wildman–Crippen LogP) is 1.60. The Morgan fingerprint density at radius 3 is 2.67 bits per heavy atom. The van der Waals surface area contributed by atoms with Crippen molar-refractivity contribution < 1.29 is 0 Å². The molecule has 0 radical (unpaired) electrons. The predicted molar refractivity (Wildman–Crippen MR) is 61.4 cm³/mol. The minimum Gasteiger partial charge on any atom is -0.327 e.